The quantitative estimate of drug-likeness (QED) is 0.335. The molecule has 1 nitrogen and oxygen atoms in total. The molecular formula is C11H14I6N-. The van der Waals surface area contributed by atoms with E-state index in [-0.39, 0.29) is 23.6 Å². The van der Waals surface area contributed by atoms with Gasteiger partial charge in [-0.1, -0.05) is 45.2 Å². The Kier molecular flexibility index (Phi) is 12.9. The van der Waals surface area contributed by atoms with Gasteiger partial charge < -0.3 is 0 Å². The number of halogens is 6. The van der Waals surface area contributed by atoms with E-state index >= 15 is 0 Å². The molecule has 0 aliphatic heterocycles. The number of nitrogens with zero attached hydrogens (tertiary/aromatic N) is 1. The monoisotopic (exact) mass is 925 g/mol. The van der Waals surface area contributed by atoms with E-state index in [9.17, 15) is 0 Å². The van der Waals surface area contributed by atoms with E-state index in [2.05, 4.69) is 118 Å². The van der Waals surface area contributed by atoms with Crippen LogP contribution < -0.4 is 21.2 Å². The molecule has 1 aromatic rings. The Balaban J connectivity index is 0.00000110. The summed E-state index contributed by atoms with van der Waals surface area (Å²) in [6, 6.07) is 0.584. The molecule has 0 fully saturated rings. The van der Waals surface area contributed by atoms with Crippen LogP contribution in [0.1, 0.15) is 19.7 Å². The van der Waals surface area contributed by atoms with Gasteiger partial charge in [0.05, 0.1) is 2.43 Å². The summed E-state index contributed by atoms with van der Waals surface area (Å²) in [5, 5.41) is 0. The molecule has 18 heavy (non-hydrogen) atoms. The maximum atomic E-state index is 8.16. The molecule has 1 aromatic heterocycles. The first-order valence-corrected chi connectivity index (χ1v) is 13.9. The van der Waals surface area contributed by atoms with Crippen molar-refractivity contribution in [3.05, 3.63) is 26.6 Å². The molecule has 0 saturated carbocycles. The first-order valence-electron chi connectivity index (χ1n) is 5.88. The number of alkyl halides is 6. The second-order valence-electron chi connectivity index (χ2n) is 3.09. The molecule has 1 unspecified atom stereocenters. The summed E-state index contributed by atoms with van der Waals surface area (Å²) in [5.41, 5.74) is 2.97. The van der Waals surface area contributed by atoms with Gasteiger partial charge in [0, 0.05) is 0 Å². The molecular weight excluding hydrogens is 908 g/mol. The first-order chi connectivity index (χ1) is 9.24. The number of hydrogen-bond acceptors (Lipinski definition) is 1. The van der Waals surface area contributed by atoms with Crippen LogP contribution in [-0.2, 0) is 6.42 Å². The Morgan fingerprint density at radius 2 is 2.00 bits per heavy atom. The van der Waals surface area contributed by atoms with Crippen LogP contribution in [-0.4, -0.2) is 11.8 Å². The third-order valence-corrected chi connectivity index (χ3v) is 6.51. The fourth-order valence-corrected chi connectivity index (χ4v) is 5.30. The number of aryl methyl sites for hydroxylation is 2. The SMILES string of the molecule is ICI.[2H]c1c(C)nc(C)c([I-]C([3H])I)c1CC(I)I. The van der Waals surface area contributed by atoms with Gasteiger partial charge in [-0.05, 0) is 0 Å². The molecule has 0 aromatic carbocycles. The van der Waals surface area contributed by atoms with E-state index < -0.39 is 0 Å². The Morgan fingerprint density at radius 1 is 1.44 bits per heavy atom. The van der Waals surface area contributed by atoms with Gasteiger partial charge in [0.25, 0.3) is 0 Å². The average molecular weight is 925 g/mol. The standard InChI is InChI=1S/C10H12I4N.CH2I2/c1-6-3-8(4-9(12)13)10(14-5-11)7(2)15-6;2-1-3/h3,9H,4-5H2,1-2H3;1H2/q-1;/i3D,5T;. The van der Waals surface area contributed by atoms with Crippen molar-refractivity contribution in [2.75, 3.05) is 4.84 Å². The van der Waals surface area contributed by atoms with Crippen LogP contribution in [0.4, 0.5) is 0 Å². The normalized spacial score (nSPS) is 13.8. The molecule has 0 spiro atoms. The summed E-state index contributed by atoms with van der Waals surface area (Å²) in [6.07, 6.45) is 0.905. The summed E-state index contributed by atoms with van der Waals surface area (Å²) in [7, 11) is 0. The van der Waals surface area contributed by atoms with Gasteiger partial charge >= 0.3 is 148 Å². The third-order valence-electron chi connectivity index (χ3n) is 1.76. The zero-order chi connectivity index (χ0) is 15.9. The summed E-state index contributed by atoms with van der Waals surface area (Å²) >= 11 is 11.1. The first kappa shape index (κ1) is 17.9. The van der Waals surface area contributed by atoms with Crippen LogP contribution in [0.5, 0.6) is 0 Å². The zero-order valence-electron chi connectivity index (χ0n) is 11.8. The molecule has 0 amide bonds. The molecule has 0 radical (unpaired) electrons. The molecule has 1 rings (SSSR count). The van der Waals surface area contributed by atoms with Crippen LogP contribution in [0.3, 0.4) is 0 Å². The van der Waals surface area contributed by atoms with Gasteiger partial charge in [0.2, 0.25) is 0 Å². The van der Waals surface area contributed by atoms with Crippen LogP contribution in [0, 0.1) is 17.4 Å². The van der Waals surface area contributed by atoms with E-state index in [0.29, 0.717) is 7.97 Å². The molecule has 0 aliphatic rings. The molecule has 0 saturated heterocycles. The summed E-state index contributed by atoms with van der Waals surface area (Å²) in [6.45, 7) is 3.91. The van der Waals surface area contributed by atoms with Gasteiger partial charge in [0.1, 0.15) is 0 Å². The summed E-state index contributed by atoms with van der Waals surface area (Å²) in [4.78, 5) is 4.44. The summed E-state index contributed by atoms with van der Waals surface area (Å²) in [5.74, 6) is 0. The topological polar surface area (TPSA) is 12.9 Å². The Morgan fingerprint density at radius 3 is 2.44 bits per heavy atom. The maximum absolute atomic E-state index is 8.16. The third kappa shape index (κ3) is 9.53. The molecule has 0 N–H and O–H groups in total. The van der Waals surface area contributed by atoms with Crippen molar-refractivity contribution < 1.29 is 23.9 Å². The van der Waals surface area contributed by atoms with Crippen LogP contribution >= 0.6 is 113 Å². The van der Waals surface area contributed by atoms with Gasteiger partial charge in [-0.2, -0.15) is 0 Å². The number of rotatable bonds is 4. The van der Waals surface area contributed by atoms with Crippen molar-refractivity contribution in [2.24, 2.45) is 0 Å². The Labute approximate surface area is 191 Å². The minimum atomic E-state index is -0.374. The average Bonchev–Trinajstić information content (AvgIpc) is 2.31. The fraction of sp³-hybridized carbons (Fsp3) is 0.545. The number of hydrogen-bond donors (Lipinski definition) is 0. The van der Waals surface area contributed by atoms with Crippen LogP contribution in [0.25, 0.3) is 0 Å². The number of aromatic nitrogens is 1. The molecule has 0 bridgehead atoms. The molecule has 106 valence electrons. The fourth-order valence-electron chi connectivity index (χ4n) is 1.30. The Bertz CT molecular complexity index is 428. The van der Waals surface area contributed by atoms with Crippen molar-refractivity contribution in [3.63, 3.8) is 0 Å². The zero-order valence-corrected chi connectivity index (χ0v) is 22.7. The molecule has 1 atom stereocenters. The van der Waals surface area contributed by atoms with Crippen molar-refractivity contribution in [2.45, 2.75) is 22.2 Å². The van der Waals surface area contributed by atoms with Gasteiger partial charge in [-0.15, -0.1) is 0 Å². The van der Waals surface area contributed by atoms with Crippen molar-refractivity contribution in [1.82, 2.24) is 4.98 Å². The van der Waals surface area contributed by atoms with Crippen molar-refractivity contribution in [3.8, 4) is 0 Å². The van der Waals surface area contributed by atoms with Gasteiger partial charge in [-0.3, -0.25) is 0 Å². The molecule has 7 heteroatoms. The van der Waals surface area contributed by atoms with E-state index in [0.717, 1.165) is 23.4 Å². The van der Waals surface area contributed by atoms with E-state index in [1.165, 1.54) is 6.00 Å². The minimum absolute atomic E-state index is 0.0605. The van der Waals surface area contributed by atoms with Crippen LogP contribution in [0.15, 0.2) is 6.04 Å². The van der Waals surface area contributed by atoms with E-state index in [1.54, 1.807) is 0 Å². The van der Waals surface area contributed by atoms with E-state index in [4.69, 9.17) is 2.74 Å². The van der Waals surface area contributed by atoms with Gasteiger partial charge in [-0.25, -0.2) is 0 Å². The van der Waals surface area contributed by atoms with Crippen LogP contribution in [0.2, 0.25) is 0 Å². The molecule has 0 aliphatic carbocycles. The van der Waals surface area contributed by atoms with Gasteiger partial charge in [0.15, 0.2) is 0 Å². The predicted octanol–water partition coefficient (Wildman–Crippen LogP) is 2.90. The Hall–Kier alpha value is 3.53. The van der Waals surface area contributed by atoms with Crippen molar-refractivity contribution in [1.29, 1.82) is 0 Å². The second kappa shape index (κ2) is 13.0. The second-order valence-corrected chi connectivity index (χ2v) is 18.3. The summed E-state index contributed by atoms with van der Waals surface area (Å²) < 4.78 is 18.7. The number of pyridine rings is 1. The predicted molar refractivity (Wildman–Crippen MR) is 120 cm³/mol. The molecule has 1 heterocycles. The van der Waals surface area contributed by atoms with Crippen molar-refractivity contribution >= 4 is 113 Å². The van der Waals surface area contributed by atoms with E-state index in [1.807, 2.05) is 13.8 Å².